The maximum atomic E-state index is 13.5. The highest BCUT2D eigenvalue weighted by Gasteiger charge is 2.51. The van der Waals surface area contributed by atoms with Gasteiger partial charge in [-0.25, -0.2) is 14.8 Å². The molecule has 248 valence electrons. The van der Waals surface area contributed by atoms with E-state index in [0.717, 1.165) is 51.3 Å². The first kappa shape index (κ1) is 30.4. The standard InChI is InChI=1S/C37H35N7O3S2/c1-20-26(17-40-44(20)18-37-14-21-11-22(15-37)13-23(12-21)16-37)24-7-8-25-27(9-10-38-31(25)30(24)35(46)47-2)41-33-32(48-19-39-33)34(45)43-36-42-28-5-3-4-6-29(28)49-36/h3-10,17,19,21-23H,11-16,18H2,1-2H3,(H,38,41)(H,42,43,45). The van der Waals surface area contributed by atoms with Gasteiger partial charge in [0.2, 0.25) is 0 Å². The zero-order valence-electron chi connectivity index (χ0n) is 27.2. The van der Waals surface area contributed by atoms with Crippen LogP contribution in [0, 0.1) is 30.1 Å². The highest BCUT2D eigenvalue weighted by Crippen LogP contribution is 2.60. The normalized spacial score (nSPS) is 22.5. The minimum atomic E-state index is -0.469. The molecular formula is C37H35N7O3S2. The first-order valence-electron chi connectivity index (χ1n) is 16.8. The fraction of sp³-hybridized carbons (Fsp3) is 0.351. The van der Waals surface area contributed by atoms with Crippen LogP contribution in [0.1, 0.15) is 64.2 Å². The molecule has 12 heteroatoms. The number of carbonyl (C=O) groups excluding carboxylic acids is 2. The van der Waals surface area contributed by atoms with Crippen LogP contribution >= 0.6 is 22.7 Å². The number of nitrogens with zero attached hydrogens (tertiary/aromatic N) is 5. The Kier molecular flexibility index (Phi) is 7.27. The van der Waals surface area contributed by atoms with E-state index in [9.17, 15) is 9.59 Å². The van der Waals surface area contributed by atoms with E-state index in [2.05, 4.69) is 37.2 Å². The van der Waals surface area contributed by atoms with Gasteiger partial charge in [-0.3, -0.25) is 19.8 Å². The second-order valence-corrected chi connectivity index (χ2v) is 15.9. The van der Waals surface area contributed by atoms with Crippen molar-refractivity contribution in [3.8, 4) is 11.1 Å². The second kappa shape index (κ2) is 11.7. The number of fused-ring (bicyclic) bond motifs is 2. The van der Waals surface area contributed by atoms with Gasteiger partial charge in [0.15, 0.2) is 10.9 Å². The first-order chi connectivity index (χ1) is 23.9. The van der Waals surface area contributed by atoms with Crippen LogP contribution < -0.4 is 10.6 Å². The van der Waals surface area contributed by atoms with Crippen LogP contribution in [0.3, 0.4) is 0 Å². The van der Waals surface area contributed by atoms with Gasteiger partial charge in [0, 0.05) is 34.9 Å². The van der Waals surface area contributed by atoms with Crippen LogP contribution in [-0.2, 0) is 11.3 Å². The van der Waals surface area contributed by atoms with Gasteiger partial charge in [-0.2, -0.15) is 5.10 Å². The Balaban J connectivity index is 1.03. The first-order valence-corrected chi connectivity index (χ1v) is 18.5. The number of amides is 1. The fourth-order valence-corrected chi connectivity index (χ4v) is 10.7. The molecular weight excluding hydrogens is 655 g/mol. The van der Waals surface area contributed by atoms with Crippen molar-refractivity contribution in [1.29, 1.82) is 0 Å². The van der Waals surface area contributed by atoms with Crippen LogP contribution in [-0.4, -0.2) is 43.7 Å². The number of nitrogens with one attached hydrogen (secondary N) is 2. The number of hydrogen-bond acceptors (Lipinski definition) is 10. The molecule has 2 N–H and O–H groups in total. The summed E-state index contributed by atoms with van der Waals surface area (Å²) in [5, 5.41) is 12.4. The lowest BCUT2D eigenvalue weighted by atomic mass is 9.49. The summed E-state index contributed by atoms with van der Waals surface area (Å²) in [7, 11) is 1.39. The van der Waals surface area contributed by atoms with Gasteiger partial charge in [0.25, 0.3) is 5.91 Å². The van der Waals surface area contributed by atoms with Gasteiger partial charge < -0.3 is 10.1 Å². The molecule has 0 spiro atoms. The minimum absolute atomic E-state index is 0.305. The van der Waals surface area contributed by atoms with Gasteiger partial charge >= 0.3 is 5.97 Å². The second-order valence-electron chi connectivity index (χ2n) is 14.0. The summed E-state index contributed by atoms with van der Waals surface area (Å²) in [5.41, 5.74) is 7.02. The number of methoxy groups -OCH3 is 1. The van der Waals surface area contributed by atoms with Crippen LogP contribution in [0.25, 0.3) is 32.2 Å². The van der Waals surface area contributed by atoms with Crippen molar-refractivity contribution >= 4 is 72.3 Å². The number of carbonyl (C=O) groups is 2. The Bertz CT molecular complexity index is 2200. The molecule has 0 atom stereocenters. The SMILES string of the molecule is COC(=O)c1c(-c2cnn(CC34CC5CC(CC(C5)C3)C4)c2C)ccc2c(Nc3ncsc3C(=O)Nc3nc4ccccc4s3)ccnc12. The van der Waals surface area contributed by atoms with Crippen molar-refractivity contribution < 1.29 is 14.3 Å². The van der Waals surface area contributed by atoms with E-state index < -0.39 is 5.97 Å². The molecule has 4 aromatic heterocycles. The van der Waals surface area contributed by atoms with Gasteiger partial charge in [-0.05, 0) is 86.8 Å². The Morgan fingerprint density at radius 3 is 2.53 bits per heavy atom. The molecule has 4 aliphatic rings. The molecule has 0 aliphatic heterocycles. The van der Waals surface area contributed by atoms with Crippen molar-refractivity contribution in [2.45, 2.75) is 52.0 Å². The molecule has 4 bridgehead atoms. The quantitative estimate of drug-likeness (QED) is 0.153. The Morgan fingerprint density at radius 2 is 1.78 bits per heavy atom. The highest BCUT2D eigenvalue weighted by atomic mass is 32.1. The number of thiazole rings is 2. The zero-order valence-corrected chi connectivity index (χ0v) is 28.9. The maximum absolute atomic E-state index is 13.5. The number of ether oxygens (including phenoxy) is 1. The fourth-order valence-electron chi connectivity index (χ4n) is 9.24. The summed E-state index contributed by atoms with van der Waals surface area (Å²) in [6.45, 7) is 3.03. The van der Waals surface area contributed by atoms with E-state index in [1.54, 1.807) is 11.7 Å². The van der Waals surface area contributed by atoms with Crippen LogP contribution in [0.15, 0.2) is 60.4 Å². The van der Waals surface area contributed by atoms with Gasteiger partial charge in [-0.1, -0.05) is 35.6 Å². The number of para-hydroxylation sites is 1. The molecule has 4 heterocycles. The van der Waals surface area contributed by atoms with Gasteiger partial charge in [0.05, 0.1) is 45.8 Å². The number of anilines is 3. The van der Waals surface area contributed by atoms with E-state index in [-0.39, 0.29) is 5.91 Å². The molecule has 0 unspecified atom stereocenters. The van der Waals surface area contributed by atoms with Gasteiger partial charge in [0.1, 0.15) is 4.88 Å². The summed E-state index contributed by atoms with van der Waals surface area (Å²) in [6.07, 6.45) is 11.7. The van der Waals surface area contributed by atoms with E-state index in [4.69, 9.17) is 9.84 Å². The molecule has 10 rings (SSSR count). The third-order valence-corrected chi connectivity index (χ3v) is 12.7. The van der Waals surface area contributed by atoms with Crippen LogP contribution in [0.2, 0.25) is 0 Å². The monoisotopic (exact) mass is 689 g/mol. The number of rotatable bonds is 8. The van der Waals surface area contributed by atoms with Crippen molar-refractivity contribution in [1.82, 2.24) is 24.7 Å². The maximum Gasteiger partial charge on any atom is 0.340 e. The highest BCUT2D eigenvalue weighted by molar-refractivity contribution is 7.22. The molecule has 4 aliphatic carbocycles. The Morgan fingerprint density at radius 1 is 1.00 bits per heavy atom. The number of pyridine rings is 1. The van der Waals surface area contributed by atoms with Crippen molar-refractivity contribution in [3.63, 3.8) is 0 Å². The molecule has 4 saturated carbocycles. The van der Waals surface area contributed by atoms with Crippen molar-refractivity contribution in [2.75, 3.05) is 17.7 Å². The summed E-state index contributed by atoms with van der Waals surface area (Å²) < 4.78 is 8.49. The summed E-state index contributed by atoms with van der Waals surface area (Å²) >= 11 is 2.66. The van der Waals surface area contributed by atoms with Crippen molar-refractivity contribution in [2.24, 2.45) is 23.2 Å². The lowest BCUT2D eigenvalue weighted by Gasteiger charge is -2.56. The molecule has 1 amide bonds. The molecule has 0 radical (unpaired) electrons. The molecule has 2 aromatic carbocycles. The third kappa shape index (κ3) is 5.28. The lowest BCUT2D eigenvalue weighted by Crippen LogP contribution is -2.48. The Hall–Kier alpha value is -4.68. The van der Waals surface area contributed by atoms with Crippen molar-refractivity contribution in [3.05, 3.63) is 76.5 Å². The average molecular weight is 690 g/mol. The summed E-state index contributed by atoms with van der Waals surface area (Å²) in [4.78, 5) is 40.9. The number of hydrogen-bond donors (Lipinski definition) is 2. The molecule has 0 saturated heterocycles. The van der Waals surface area contributed by atoms with E-state index in [1.165, 1.54) is 68.3 Å². The van der Waals surface area contributed by atoms with Gasteiger partial charge in [-0.15, -0.1) is 11.3 Å². The molecule has 49 heavy (non-hydrogen) atoms. The Labute approximate surface area is 291 Å². The number of esters is 1. The third-order valence-electron chi connectivity index (χ3n) is 10.9. The topological polar surface area (TPSA) is 124 Å². The van der Waals surface area contributed by atoms with E-state index in [1.807, 2.05) is 48.7 Å². The average Bonchev–Trinajstić information content (AvgIpc) is 3.81. The molecule has 6 aromatic rings. The molecule has 10 nitrogen and oxygen atoms in total. The number of benzene rings is 2. The van der Waals surface area contributed by atoms with Crippen LogP contribution in [0.5, 0.6) is 0 Å². The molecule has 4 fully saturated rings. The summed E-state index contributed by atoms with van der Waals surface area (Å²) in [5.74, 6) is 2.24. The summed E-state index contributed by atoms with van der Waals surface area (Å²) in [6, 6.07) is 13.5. The smallest absolute Gasteiger partial charge is 0.340 e. The van der Waals surface area contributed by atoms with Crippen LogP contribution in [0.4, 0.5) is 16.6 Å². The van der Waals surface area contributed by atoms with E-state index in [0.29, 0.717) is 43.4 Å². The zero-order chi connectivity index (χ0) is 33.3. The predicted octanol–water partition coefficient (Wildman–Crippen LogP) is 8.47. The minimum Gasteiger partial charge on any atom is -0.465 e. The largest absolute Gasteiger partial charge is 0.465 e. The number of aromatic nitrogens is 5. The van der Waals surface area contributed by atoms with E-state index >= 15 is 0 Å². The predicted molar refractivity (Wildman–Crippen MR) is 193 cm³/mol. The lowest BCUT2D eigenvalue weighted by molar-refractivity contribution is -0.0638.